The normalized spacial score (nSPS) is 40.1. The molecule has 4 aliphatic carbocycles. The molecular formula is C26H30F7N3O3. The molecule has 0 spiro atoms. The van der Waals surface area contributed by atoms with E-state index >= 15 is 0 Å². The number of aliphatic hydroxyl groups is 2. The van der Waals surface area contributed by atoms with Crippen molar-refractivity contribution >= 4 is 10.9 Å². The molecule has 2 aromatic rings. The van der Waals surface area contributed by atoms with Gasteiger partial charge in [-0.1, -0.05) is 0 Å². The van der Waals surface area contributed by atoms with Gasteiger partial charge in [-0.3, -0.25) is 4.68 Å². The standard InChI is InChI=1S/C26H30F7N3O3/c1-13-5-24(38,22-10-23(11-22,12-22)26(31,32)33)6-14(34-13)9-39-16-3-17-19(18(4-16)25(28,29)30)36(35-20(17)27)15-7-21(2,37)8-15/h3-4,13-15,34,37-38H,5-12H2,1-2H3/t13-,14-,15?,21?,22?,23?,24-/m0/s1. The van der Waals surface area contributed by atoms with Gasteiger partial charge in [0, 0.05) is 17.5 Å². The van der Waals surface area contributed by atoms with Gasteiger partial charge in [0.05, 0.1) is 39.1 Å². The Kier molecular flexibility index (Phi) is 5.55. The third-order valence-corrected chi connectivity index (χ3v) is 9.55. The van der Waals surface area contributed by atoms with Crippen molar-refractivity contribution in [3.8, 4) is 5.75 Å². The Morgan fingerprint density at radius 2 is 1.69 bits per heavy atom. The van der Waals surface area contributed by atoms with Gasteiger partial charge in [0.2, 0.25) is 5.95 Å². The van der Waals surface area contributed by atoms with Crippen LogP contribution in [0.4, 0.5) is 30.7 Å². The number of benzene rings is 1. The van der Waals surface area contributed by atoms with Crippen LogP contribution in [0.25, 0.3) is 10.9 Å². The number of fused-ring (bicyclic) bond motifs is 1. The van der Waals surface area contributed by atoms with Crippen molar-refractivity contribution in [1.82, 2.24) is 15.1 Å². The van der Waals surface area contributed by atoms with E-state index in [-0.39, 0.29) is 68.7 Å². The van der Waals surface area contributed by atoms with Gasteiger partial charge in [-0.05, 0) is 70.9 Å². The summed E-state index contributed by atoms with van der Waals surface area (Å²) in [5.41, 5.74) is -6.48. The molecule has 1 aliphatic heterocycles. The molecule has 6 nitrogen and oxygen atoms in total. The zero-order chi connectivity index (χ0) is 28.4. The van der Waals surface area contributed by atoms with Crippen molar-refractivity contribution in [3.63, 3.8) is 0 Å². The molecule has 3 atom stereocenters. The molecule has 5 fully saturated rings. The molecule has 216 valence electrons. The number of nitrogens with zero attached hydrogens (tertiary/aromatic N) is 2. The fraction of sp³-hybridized carbons (Fsp3) is 0.731. The molecule has 1 aromatic carbocycles. The minimum atomic E-state index is -4.84. The van der Waals surface area contributed by atoms with E-state index in [1.165, 1.54) is 0 Å². The SMILES string of the molecule is C[C@H]1C[C@@](O)(C23CC(C(F)(F)F)(C2)C3)C[C@@H](COc2cc(C(F)(F)F)c3c(c2)c(F)nn3C2CC(C)(O)C2)N1. The first-order valence-corrected chi connectivity index (χ1v) is 13.1. The third-order valence-electron chi connectivity index (χ3n) is 9.55. The van der Waals surface area contributed by atoms with E-state index in [2.05, 4.69) is 10.4 Å². The fourth-order valence-electron chi connectivity index (χ4n) is 7.74. The van der Waals surface area contributed by atoms with Gasteiger partial charge >= 0.3 is 12.4 Å². The number of alkyl halides is 6. The zero-order valence-corrected chi connectivity index (χ0v) is 21.4. The van der Waals surface area contributed by atoms with Crippen molar-refractivity contribution in [3.05, 3.63) is 23.6 Å². The Hall–Kier alpha value is -2.12. The summed E-state index contributed by atoms with van der Waals surface area (Å²) < 4.78 is 104. The number of halogens is 7. The number of hydrogen-bond donors (Lipinski definition) is 3. The van der Waals surface area contributed by atoms with Crippen LogP contribution in [0.15, 0.2) is 12.1 Å². The summed E-state index contributed by atoms with van der Waals surface area (Å²) in [5, 5.41) is 28.0. The summed E-state index contributed by atoms with van der Waals surface area (Å²) in [5.74, 6) is -1.33. The average Bonchev–Trinajstić information content (AvgIpc) is 3.01. The highest BCUT2D eigenvalue weighted by Crippen LogP contribution is 2.82. The lowest BCUT2D eigenvalue weighted by molar-refractivity contribution is -0.403. The van der Waals surface area contributed by atoms with Crippen LogP contribution in [-0.2, 0) is 6.18 Å². The van der Waals surface area contributed by atoms with E-state index in [0.717, 1.165) is 16.8 Å². The maximum atomic E-state index is 14.8. The van der Waals surface area contributed by atoms with Crippen molar-refractivity contribution < 1.29 is 45.7 Å². The second-order valence-electron chi connectivity index (χ2n) is 12.8. The molecule has 3 N–H and O–H groups in total. The van der Waals surface area contributed by atoms with E-state index in [1.54, 1.807) is 13.8 Å². The Balaban J connectivity index is 1.22. The van der Waals surface area contributed by atoms with Gasteiger partial charge in [-0.25, -0.2) is 0 Å². The zero-order valence-electron chi connectivity index (χ0n) is 21.4. The first-order valence-electron chi connectivity index (χ1n) is 13.1. The fourth-order valence-corrected chi connectivity index (χ4v) is 7.74. The maximum Gasteiger partial charge on any atom is 0.418 e. The van der Waals surface area contributed by atoms with Crippen LogP contribution < -0.4 is 10.1 Å². The molecule has 1 saturated heterocycles. The van der Waals surface area contributed by atoms with Crippen molar-refractivity contribution in [2.24, 2.45) is 10.8 Å². The number of ether oxygens (including phenoxy) is 1. The summed E-state index contributed by atoms with van der Waals surface area (Å²) >= 11 is 0. The molecule has 2 heterocycles. The topological polar surface area (TPSA) is 79.5 Å². The first kappa shape index (κ1) is 27.1. The Bertz CT molecular complexity index is 1290. The van der Waals surface area contributed by atoms with Gasteiger partial charge in [0.25, 0.3) is 0 Å². The predicted octanol–water partition coefficient (Wildman–Crippen LogP) is 5.26. The van der Waals surface area contributed by atoms with E-state index in [1.807, 2.05) is 0 Å². The largest absolute Gasteiger partial charge is 0.492 e. The van der Waals surface area contributed by atoms with Crippen LogP contribution in [-0.4, -0.2) is 56.1 Å². The van der Waals surface area contributed by atoms with Crippen molar-refractivity contribution in [2.75, 3.05) is 6.61 Å². The molecule has 0 unspecified atom stereocenters. The minimum absolute atomic E-state index is 0.0908. The lowest BCUT2D eigenvalue weighted by Crippen LogP contribution is -2.78. The molecule has 39 heavy (non-hydrogen) atoms. The van der Waals surface area contributed by atoms with Crippen LogP contribution >= 0.6 is 0 Å². The summed E-state index contributed by atoms with van der Waals surface area (Å²) in [6.45, 7) is 3.17. The molecule has 7 rings (SSSR count). The van der Waals surface area contributed by atoms with Crippen LogP contribution in [0.5, 0.6) is 5.75 Å². The number of rotatable bonds is 5. The van der Waals surface area contributed by atoms with Gasteiger partial charge in [-0.2, -0.15) is 30.7 Å². The maximum absolute atomic E-state index is 14.8. The van der Waals surface area contributed by atoms with Crippen LogP contribution in [0, 0.1) is 16.8 Å². The molecule has 2 bridgehead atoms. The summed E-state index contributed by atoms with van der Waals surface area (Å²) in [6.07, 6.45) is -8.88. The number of aromatic nitrogens is 2. The van der Waals surface area contributed by atoms with Crippen molar-refractivity contribution in [2.45, 2.75) is 100 Å². The first-order chi connectivity index (χ1) is 17.9. The molecule has 1 aromatic heterocycles. The Labute approximate surface area is 219 Å². The van der Waals surface area contributed by atoms with E-state index in [9.17, 15) is 40.9 Å². The molecule has 0 amide bonds. The average molecular weight is 566 g/mol. The minimum Gasteiger partial charge on any atom is -0.492 e. The Morgan fingerprint density at radius 3 is 2.26 bits per heavy atom. The van der Waals surface area contributed by atoms with E-state index in [0.29, 0.717) is 0 Å². The van der Waals surface area contributed by atoms with Crippen LogP contribution in [0.2, 0.25) is 0 Å². The quantitative estimate of drug-likeness (QED) is 0.431. The van der Waals surface area contributed by atoms with Crippen LogP contribution in [0.1, 0.15) is 70.4 Å². The molecule has 13 heteroatoms. The summed E-state index contributed by atoms with van der Waals surface area (Å²) in [6, 6.07) is 0.552. The highest BCUT2D eigenvalue weighted by Gasteiger charge is 2.83. The summed E-state index contributed by atoms with van der Waals surface area (Å²) in [4.78, 5) is 0. The van der Waals surface area contributed by atoms with Gasteiger partial charge in [0.1, 0.15) is 12.4 Å². The monoisotopic (exact) mass is 565 g/mol. The molecule has 4 saturated carbocycles. The third kappa shape index (κ3) is 4.05. The lowest BCUT2D eigenvalue weighted by atomic mass is 9.29. The van der Waals surface area contributed by atoms with E-state index < -0.39 is 63.5 Å². The lowest BCUT2D eigenvalue weighted by Gasteiger charge is -2.76. The van der Waals surface area contributed by atoms with Gasteiger partial charge in [0.15, 0.2) is 0 Å². The van der Waals surface area contributed by atoms with Gasteiger partial charge < -0.3 is 20.3 Å². The highest BCUT2D eigenvalue weighted by molar-refractivity contribution is 5.85. The summed E-state index contributed by atoms with van der Waals surface area (Å²) in [7, 11) is 0. The second kappa shape index (κ2) is 8.00. The second-order valence-corrected chi connectivity index (χ2v) is 12.8. The van der Waals surface area contributed by atoms with Crippen molar-refractivity contribution in [1.29, 1.82) is 0 Å². The van der Waals surface area contributed by atoms with Gasteiger partial charge in [-0.15, -0.1) is 5.10 Å². The number of nitrogens with one attached hydrogen (secondary N) is 1. The Morgan fingerprint density at radius 1 is 1.05 bits per heavy atom. The predicted molar refractivity (Wildman–Crippen MR) is 124 cm³/mol. The smallest absolute Gasteiger partial charge is 0.418 e. The van der Waals surface area contributed by atoms with Crippen LogP contribution in [0.3, 0.4) is 0 Å². The van der Waals surface area contributed by atoms with E-state index in [4.69, 9.17) is 4.74 Å². The number of hydrogen-bond acceptors (Lipinski definition) is 5. The highest BCUT2D eigenvalue weighted by atomic mass is 19.4. The number of piperidine rings is 1. The molecule has 0 radical (unpaired) electrons. The molecular weight excluding hydrogens is 535 g/mol. The molecule has 5 aliphatic rings.